The molecule has 0 saturated heterocycles. The molecule has 1 aliphatic heterocycles. The molecule has 0 N–H and O–H groups in total. The standard InChI is InChI=1S/C21H17N3O6/c1-12(24-19(25)15-8-3-4-9-16(15)20(24)26)21(27)29-11-17-22-18(23-30-17)13-6-5-7-14(10-13)28-2/h3-10,12H,11H2,1-2H3/t12-/m0/s1. The van der Waals surface area contributed by atoms with Gasteiger partial charge in [0.1, 0.15) is 11.8 Å². The summed E-state index contributed by atoms with van der Waals surface area (Å²) in [5.74, 6) is -0.786. The lowest BCUT2D eigenvalue weighted by molar-refractivity contribution is -0.149. The lowest BCUT2D eigenvalue weighted by Crippen LogP contribution is -2.43. The minimum absolute atomic E-state index is 0.0794. The van der Waals surface area contributed by atoms with Crippen LogP contribution in [0.25, 0.3) is 11.4 Å². The van der Waals surface area contributed by atoms with E-state index in [-0.39, 0.29) is 23.6 Å². The van der Waals surface area contributed by atoms with Crippen LogP contribution in [-0.4, -0.2) is 46.0 Å². The van der Waals surface area contributed by atoms with Crippen LogP contribution in [0.1, 0.15) is 33.5 Å². The fraction of sp³-hybridized carbons (Fsp3) is 0.190. The third-order valence-corrected chi connectivity index (χ3v) is 4.69. The Morgan fingerprint density at radius 2 is 1.80 bits per heavy atom. The first-order valence-corrected chi connectivity index (χ1v) is 9.10. The molecule has 3 aromatic rings. The zero-order chi connectivity index (χ0) is 21.3. The molecule has 2 amide bonds. The molecule has 2 aromatic carbocycles. The van der Waals surface area contributed by atoms with Crippen LogP contribution in [0.5, 0.6) is 5.75 Å². The predicted molar refractivity (Wildman–Crippen MR) is 102 cm³/mol. The highest BCUT2D eigenvalue weighted by Crippen LogP contribution is 2.25. The number of carbonyl (C=O) groups excluding carboxylic acids is 3. The molecule has 1 atom stereocenters. The fourth-order valence-corrected chi connectivity index (χ4v) is 3.11. The van der Waals surface area contributed by atoms with Crippen LogP contribution in [0.15, 0.2) is 53.1 Å². The van der Waals surface area contributed by atoms with E-state index in [0.29, 0.717) is 17.1 Å². The number of methoxy groups -OCH3 is 1. The smallest absolute Gasteiger partial charge is 0.329 e. The fourth-order valence-electron chi connectivity index (χ4n) is 3.11. The maximum absolute atomic E-state index is 12.5. The minimum atomic E-state index is -1.10. The summed E-state index contributed by atoms with van der Waals surface area (Å²) in [6, 6.07) is 12.4. The molecule has 1 aliphatic rings. The highest BCUT2D eigenvalue weighted by Gasteiger charge is 2.41. The zero-order valence-corrected chi connectivity index (χ0v) is 16.2. The van der Waals surface area contributed by atoms with Crippen LogP contribution in [0.2, 0.25) is 0 Å². The highest BCUT2D eigenvalue weighted by atomic mass is 16.6. The maximum atomic E-state index is 12.5. The highest BCUT2D eigenvalue weighted by molar-refractivity contribution is 6.22. The van der Waals surface area contributed by atoms with Crippen LogP contribution < -0.4 is 4.74 Å². The number of imide groups is 1. The number of amides is 2. The molecule has 152 valence electrons. The van der Waals surface area contributed by atoms with Crippen molar-refractivity contribution in [2.45, 2.75) is 19.6 Å². The van der Waals surface area contributed by atoms with Crippen molar-refractivity contribution in [3.63, 3.8) is 0 Å². The molecule has 0 spiro atoms. The van der Waals surface area contributed by atoms with Crippen LogP contribution >= 0.6 is 0 Å². The first-order valence-electron chi connectivity index (χ1n) is 9.10. The van der Waals surface area contributed by atoms with Crippen LogP contribution in [0.3, 0.4) is 0 Å². The van der Waals surface area contributed by atoms with Gasteiger partial charge in [-0.3, -0.25) is 14.5 Å². The second kappa shape index (κ2) is 7.78. The summed E-state index contributed by atoms with van der Waals surface area (Å²) in [4.78, 5) is 42.5. The Balaban J connectivity index is 1.41. The number of rotatable bonds is 6. The molecule has 0 radical (unpaired) electrons. The van der Waals surface area contributed by atoms with Crippen molar-refractivity contribution < 1.29 is 28.4 Å². The summed E-state index contributed by atoms with van der Waals surface area (Å²) in [5.41, 5.74) is 1.21. The first kappa shape index (κ1) is 19.3. The van der Waals surface area contributed by atoms with Gasteiger partial charge in [0.05, 0.1) is 18.2 Å². The Morgan fingerprint density at radius 3 is 2.47 bits per heavy atom. The van der Waals surface area contributed by atoms with Gasteiger partial charge >= 0.3 is 5.97 Å². The van der Waals surface area contributed by atoms with Gasteiger partial charge in [-0.15, -0.1) is 0 Å². The van der Waals surface area contributed by atoms with E-state index >= 15 is 0 Å². The van der Waals surface area contributed by atoms with E-state index in [1.54, 1.807) is 55.6 Å². The lowest BCUT2D eigenvalue weighted by atomic mass is 10.1. The minimum Gasteiger partial charge on any atom is -0.497 e. The van der Waals surface area contributed by atoms with Crippen molar-refractivity contribution in [1.29, 1.82) is 0 Å². The van der Waals surface area contributed by atoms with Crippen LogP contribution in [-0.2, 0) is 16.1 Å². The number of aromatic nitrogens is 2. The molecule has 4 rings (SSSR count). The van der Waals surface area contributed by atoms with Gasteiger partial charge in [-0.1, -0.05) is 29.4 Å². The molecule has 9 nitrogen and oxygen atoms in total. The molecular weight excluding hydrogens is 390 g/mol. The van der Waals surface area contributed by atoms with Gasteiger partial charge in [0, 0.05) is 5.56 Å². The van der Waals surface area contributed by atoms with E-state index in [4.69, 9.17) is 14.0 Å². The predicted octanol–water partition coefficient (Wildman–Crippen LogP) is 2.47. The largest absolute Gasteiger partial charge is 0.497 e. The lowest BCUT2D eigenvalue weighted by Gasteiger charge is -2.20. The van der Waals surface area contributed by atoms with E-state index in [0.717, 1.165) is 4.90 Å². The molecule has 0 bridgehead atoms. The van der Waals surface area contributed by atoms with Gasteiger partial charge in [-0.05, 0) is 31.2 Å². The second-order valence-electron chi connectivity index (χ2n) is 6.55. The Kier molecular flexibility index (Phi) is 5.01. The van der Waals surface area contributed by atoms with Gasteiger partial charge < -0.3 is 14.0 Å². The Bertz CT molecular complexity index is 1100. The molecular formula is C21H17N3O6. The molecule has 0 unspecified atom stereocenters. The molecule has 30 heavy (non-hydrogen) atoms. The summed E-state index contributed by atoms with van der Waals surface area (Å²) in [6.07, 6.45) is 0. The van der Waals surface area contributed by atoms with Gasteiger partial charge in [-0.2, -0.15) is 4.98 Å². The van der Waals surface area contributed by atoms with Gasteiger partial charge in [0.2, 0.25) is 5.82 Å². The van der Waals surface area contributed by atoms with E-state index in [1.807, 2.05) is 0 Å². The van der Waals surface area contributed by atoms with Crippen molar-refractivity contribution in [3.8, 4) is 17.1 Å². The molecule has 0 fully saturated rings. The van der Waals surface area contributed by atoms with Crippen LogP contribution in [0.4, 0.5) is 0 Å². The quantitative estimate of drug-likeness (QED) is 0.452. The summed E-state index contributed by atoms with van der Waals surface area (Å²) < 4.78 is 15.5. The third-order valence-electron chi connectivity index (χ3n) is 4.69. The number of ether oxygens (including phenoxy) is 2. The molecule has 9 heteroatoms. The summed E-state index contributed by atoms with van der Waals surface area (Å²) >= 11 is 0. The molecule has 0 aliphatic carbocycles. The molecule has 2 heterocycles. The van der Waals surface area contributed by atoms with Crippen molar-refractivity contribution in [2.75, 3.05) is 7.11 Å². The van der Waals surface area contributed by atoms with Crippen molar-refractivity contribution >= 4 is 17.8 Å². The number of nitrogens with zero attached hydrogens (tertiary/aromatic N) is 3. The van der Waals surface area contributed by atoms with Gasteiger partial charge in [0.15, 0.2) is 6.61 Å². The normalized spacial score (nSPS) is 13.9. The average Bonchev–Trinajstić information content (AvgIpc) is 3.35. The zero-order valence-electron chi connectivity index (χ0n) is 16.2. The third kappa shape index (κ3) is 3.41. The van der Waals surface area contributed by atoms with Crippen molar-refractivity contribution in [2.24, 2.45) is 0 Å². The number of hydrogen-bond acceptors (Lipinski definition) is 8. The van der Waals surface area contributed by atoms with E-state index in [2.05, 4.69) is 10.1 Å². The number of fused-ring (bicyclic) bond motifs is 1. The van der Waals surface area contributed by atoms with E-state index < -0.39 is 23.8 Å². The second-order valence-corrected chi connectivity index (χ2v) is 6.55. The summed E-state index contributed by atoms with van der Waals surface area (Å²) in [5, 5.41) is 3.86. The number of esters is 1. The van der Waals surface area contributed by atoms with Gasteiger partial charge in [0.25, 0.3) is 17.7 Å². The Morgan fingerprint density at radius 1 is 1.10 bits per heavy atom. The number of carbonyl (C=O) groups is 3. The van der Waals surface area contributed by atoms with E-state index in [1.165, 1.54) is 6.92 Å². The van der Waals surface area contributed by atoms with Crippen molar-refractivity contribution in [1.82, 2.24) is 15.0 Å². The van der Waals surface area contributed by atoms with Crippen molar-refractivity contribution in [3.05, 3.63) is 65.5 Å². The molecule has 1 aromatic heterocycles. The maximum Gasteiger partial charge on any atom is 0.329 e. The van der Waals surface area contributed by atoms with E-state index in [9.17, 15) is 14.4 Å². The summed E-state index contributed by atoms with van der Waals surface area (Å²) in [6.45, 7) is 1.14. The average molecular weight is 407 g/mol. The number of hydrogen-bond donors (Lipinski definition) is 0. The topological polar surface area (TPSA) is 112 Å². The van der Waals surface area contributed by atoms with Gasteiger partial charge in [-0.25, -0.2) is 4.79 Å². The van der Waals surface area contributed by atoms with Crippen LogP contribution in [0, 0.1) is 0 Å². The number of benzene rings is 2. The summed E-state index contributed by atoms with van der Waals surface area (Å²) in [7, 11) is 1.55. The first-order chi connectivity index (χ1) is 14.5. The SMILES string of the molecule is COc1cccc(-c2noc(COC(=O)[C@H](C)N3C(=O)c4ccccc4C3=O)n2)c1. The Hall–Kier alpha value is -4.01. The Labute approximate surface area is 171 Å². The monoisotopic (exact) mass is 407 g/mol. The molecule has 0 saturated carbocycles.